The van der Waals surface area contributed by atoms with Gasteiger partial charge in [0.25, 0.3) is 5.91 Å². The van der Waals surface area contributed by atoms with Crippen LogP contribution in [0.5, 0.6) is 0 Å². The summed E-state index contributed by atoms with van der Waals surface area (Å²) in [5, 5.41) is 0. The van der Waals surface area contributed by atoms with Gasteiger partial charge in [-0.1, -0.05) is 42.5 Å². The van der Waals surface area contributed by atoms with Gasteiger partial charge in [0, 0.05) is 38.8 Å². The highest BCUT2D eigenvalue weighted by Crippen LogP contribution is 2.42. The largest absolute Gasteiger partial charge is 0.381 e. The highest BCUT2D eigenvalue weighted by Gasteiger charge is 2.58. The Bertz CT molecular complexity index is 1030. The number of nitrogens with zero attached hydrogens (tertiary/aromatic N) is 2. The van der Waals surface area contributed by atoms with Crippen molar-refractivity contribution in [2.75, 3.05) is 46.0 Å². The van der Waals surface area contributed by atoms with Crippen LogP contribution in [0, 0.1) is 11.7 Å². The zero-order valence-electron chi connectivity index (χ0n) is 19.3. The summed E-state index contributed by atoms with van der Waals surface area (Å²) in [6.07, 6.45) is 2.00. The molecule has 1 spiro atoms. The van der Waals surface area contributed by atoms with Crippen LogP contribution in [0.4, 0.5) is 4.39 Å². The Balaban J connectivity index is 1.39. The summed E-state index contributed by atoms with van der Waals surface area (Å²) in [7, 11) is 0. The van der Waals surface area contributed by atoms with E-state index in [1.54, 1.807) is 17.0 Å². The van der Waals surface area contributed by atoms with Gasteiger partial charge in [-0.05, 0) is 42.0 Å². The summed E-state index contributed by atoms with van der Waals surface area (Å²) >= 11 is 0. The van der Waals surface area contributed by atoms with Gasteiger partial charge < -0.3 is 19.3 Å². The summed E-state index contributed by atoms with van der Waals surface area (Å²) in [6, 6.07) is 16.1. The van der Waals surface area contributed by atoms with Crippen LogP contribution in [0.2, 0.25) is 0 Å². The van der Waals surface area contributed by atoms with E-state index in [0.29, 0.717) is 37.7 Å². The molecule has 180 valence electrons. The van der Waals surface area contributed by atoms with Gasteiger partial charge in [0.15, 0.2) is 5.60 Å². The summed E-state index contributed by atoms with van der Waals surface area (Å²) in [6.45, 7) is 3.67. The van der Waals surface area contributed by atoms with Gasteiger partial charge in [0.2, 0.25) is 5.91 Å². The Kier molecular flexibility index (Phi) is 6.66. The van der Waals surface area contributed by atoms with Crippen molar-refractivity contribution >= 4 is 11.8 Å². The van der Waals surface area contributed by atoms with Crippen LogP contribution in [-0.2, 0) is 25.5 Å². The molecule has 3 saturated heterocycles. The molecular weight excluding hydrogens is 435 g/mol. The fraction of sp³-hybridized carbons (Fsp3) is 0.481. The number of hydrogen-bond acceptors (Lipinski definition) is 4. The molecule has 2 atom stereocenters. The van der Waals surface area contributed by atoms with Gasteiger partial charge in [-0.15, -0.1) is 0 Å². The van der Waals surface area contributed by atoms with Crippen LogP contribution < -0.4 is 0 Å². The van der Waals surface area contributed by atoms with Crippen molar-refractivity contribution in [2.24, 2.45) is 5.92 Å². The first-order valence-electron chi connectivity index (χ1n) is 12.1. The number of halogens is 1. The van der Waals surface area contributed by atoms with Gasteiger partial charge in [-0.25, -0.2) is 4.39 Å². The van der Waals surface area contributed by atoms with Crippen molar-refractivity contribution in [1.29, 1.82) is 0 Å². The maximum atomic E-state index is 13.9. The van der Waals surface area contributed by atoms with Gasteiger partial charge in [-0.2, -0.15) is 0 Å². The fourth-order valence-corrected chi connectivity index (χ4v) is 5.56. The number of benzene rings is 2. The first kappa shape index (κ1) is 23.0. The summed E-state index contributed by atoms with van der Waals surface area (Å²) < 4.78 is 25.4. The van der Waals surface area contributed by atoms with Crippen molar-refractivity contribution in [3.8, 4) is 0 Å². The van der Waals surface area contributed by atoms with E-state index in [2.05, 4.69) is 0 Å². The van der Waals surface area contributed by atoms with Crippen molar-refractivity contribution < 1.29 is 23.5 Å². The van der Waals surface area contributed by atoms with E-state index >= 15 is 0 Å². The number of carbonyl (C=O) groups is 2. The molecule has 0 bridgehead atoms. The molecule has 0 aliphatic carbocycles. The molecular formula is C27H31FN2O4. The molecule has 3 aliphatic heterocycles. The number of likely N-dealkylation sites (tertiary alicyclic amines) is 1. The minimum atomic E-state index is -1.09. The fourth-order valence-electron chi connectivity index (χ4n) is 5.56. The molecule has 6 nitrogen and oxygen atoms in total. The lowest BCUT2D eigenvalue weighted by molar-refractivity contribution is -0.167. The van der Waals surface area contributed by atoms with Gasteiger partial charge in [-0.3, -0.25) is 9.59 Å². The topological polar surface area (TPSA) is 59.1 Å². The van der Waals surface area contributed by atoms with Gasteiger partial charge >= 0.3 is 0 Å². The Labute approximate surface area is 199 Å². The van der Waals surface area contributed by atoms with Crippen LogP contribution in [0.1, 0.15) is 29.9 Å². The molecule has 7 heteroatoms. The normalized spacial score (nSPS) is 25.8. The summed E-state index contributed by atoms with van der Waals surface area (Å²) in [5.74, 6) is -0.251. The molecule has 0 saturated carbocycles. The molecule has 0 unspecified atom stereocenters. The summed E-state index contributed by atoms with van der Waals surface area (Å²) in [5.41, 5.74) is 0.580. The lowest BCUT2D eigenvalue weighted by Crippen LogP contribution is -2.59. The van der Waals surface area contributed by atoms with E-state index < -0.39 is 5.60 Å². The maximum Gasteiger partial charge on any atom is 0.257 e. The van der Waals surface area contributed by atoms with Crippen LogP contribution in [0.25, 0.3) is 0 Å². The third-order valence-corrected chi connectivity index (χ3v) is 7.38. The first-order chi connectivity index (χ1) is 16.5. The van der Waals surface area contributed by atoms with Crippen LogP contribution in [0.15, 0.2) is 54.6 Å². The van der Waals surface area contributed by atoms with Crippen LogP contribution >= 0.6 is 0 Å². The minimum Gasteiger partial charge on any atom is -0.381 e. The first-order valence-corrected chi connectivity index (χ1v) is 12.1. The average Bonchev–Trinajstić information content (AvgIpc) is 3.11. The Hall–Kier alpha value is -2.77. The minimum absolute atomic E-state index is 0.0314. The van der Waals surface area contributed by atoms with E-state index in [1.165, 1.54) is 12.1 Å². The second-order valence-corrected chi connectivity index (χ2v) is 9.59. The molecule has 2 aromatic carbocycles. The van der Waals surface area contributed by atoms with E-state index in [-0.39, 0.29) is 36.5 Å². The molecule has 0 radical (unpaired) electrons. The van der Waals surface area contributed by atoms with Crippen molar-refractivity contribution in [1.82, 2.24) is 9.80 Å². The molecule has 5 rings (SSSR count). The SMILES string of the molecule is O=C(Cc1cccc(F)c1)N1CCO[C@@]2(C1)C(=O)N(CC1CCOCC1)C[C@@H]2c1ccccc1. The molecule has 3 heterocycles. The number of hydrogen-bond donors (Lipinski definition) is 0. The second-order valence-electron chi connectivity index (χ2n) is 9.59. The molecule has 2 aromatic rings. The standard InChI is InChI=1S/C27H31FN2O4/c28-23-8-4-5-21(15-23)16-25(31)29-11-14-34-27(19-29)24(22-6-2-1-3-7-22)18-30(26(27)32)17-20-9-12-33-13-10-20/h1-8,15,20,24H,9-14,16-19H2/t24-,27-/m1/s1. The molecule has 0 N–H and O–H groups in total. The quantitative estimate of drug-likeness (QED) is 0.680. The number of rotatable bonds is 5. The number of amides is 2. The van der Waals surface area contributed by atoms with Crippen LogP contribution in [-0.4, -0.2) is 73.2 Å². The smallest absolute Gasteiger partial charge is 0.257 e. The Morgan fingerprint density at radius 2 is 1.85 bits per heavy atom. The van der Waals surface area contributed by atoms with E-state index in [9.17, 15) is 14.0 Å². The predicted molar refractivity (Wildman–Crippen MR) is 125 cm³/mol. The number of morpholine rings is 1. The Morgan fingerprint density at radius 3 is 2.62 bits per heavy atom. The molecule has 3 aliphatic rings. The Morgan fingerprint density at radius 1 is 1.06 bits per heavy atom. The molecule has 0 aromatic heterocycles. The van der Waals surface area contributed by atoms with Crippen molar-refractivity contribution in [3.05, 3.63) is 71.5 Å². The van der Waals surface area contributed by atoms with Crippen molar-refractivity contribution in [3.63, 3.8) is 0 Å². The third kappa shape index (κ3) is 4.59. The zero-order chi connectivity index (χ0) is 23.5. The predicted octanol–water partition coefficient (Wildman–Crippen LogP) is 3.02. The number of carbonyl (C=O) groups excluding carboxylic acids is 2. The summed E-state index contributed by atoms with van der Waals surface area (Å²) in [4.78, 5) is 30.7. The lowest BCUT2D eigenvalue weighted by atomic mass is 9.83. The highest BCUT2D eigenvalue weighted by molar-refractivity contribution is 5.91. The van der Waals surface area contributed by atoms with Crippen LogP contribution in [0.3, 0.4) is 0 Å². The maximum absolute atomic E-state index is 13.9. The number of ether oxygens (including phenoxy) is 2. The van der Waals surface area contributed by atoms with E-state index in [4.69, 9.17) is 9.47 Å². The molecule has 34 heavy (non-hydrogen) atoms. The second kappa shape index (κ2) is 9.84. The van der Waals surface area contributed by atoms with Gasteiger partial charge in [0.05, 0.1) is 19.6 Å². The van der Waals surface area contributed by atoms with E-state index in [0.717, 1.165) is 31.6 Å². The molecule has 3 fully saturated rings. The van der Waals surface area contributed by atoms with Crippen molar-refractivity contribution in [2.45, 2.75) is 30.8 Å². The zero-order valence-corrected chi connectivity index (χ0v) is 19.3. The molecule has 2 amide bonds. The highest BCUT2D eigenvalue weighted by atomic mass is 19.1. The third-order valence-electron chi connectivity index (χ3n) is 7.38. The average molecular weight is 467 g/mol. The monoisotopic (exact) mass is 466 g/mol. The van der Waals surface area contributed by atoms with Gasteiger partial charge in [0.1, 0.15) is 5.82 Å². The van der Waals surface area contributed by atoms with E-state index in [1.807, 2.05) is 35.2 Å². The lowest BCUT2D eigenvalue weighted by Gasteiger charge is -2.42.